The van der Waals surface area contributed by atoms with Crippen molar-refractivity contribution in [2.24, 2.45) is 0 Å². The van der Waals surface area contributed by atoms with Crippen LogP contribution in [-0.4, -0.2) is 37.2 Å². The molecule has 0 aromatic heterocycles. The molecular weight excluding hydrogens is 312 g/mol. The van der Waals surface area contributed by atoms with Crippen molar-refractivity contribution in [2.75, 3.05) is 26.3 Å². The third-order valence-electron chi connectivity index (χ3n) is 4.22. The quantitative estimate of drug-likeness (QED) is 0.781. The van der Waals surface area contributed by atoms with Crippen LogP contribution in [0.5, 0.6) is 0 Å². The molecule has 2 amide bonds. The van der Waals surface area contributed by atoms with Gasteiger partial charge in [-0.1, -0.05) is 42.6 Å². The van der Waals surface area contributed by atoms with Crippen molar-refractivity contribution >= 4 is 17.6 Å². The van der Waals surface area contributed by atoms with E-state index in [-0.39, 0.29) is 12.1 Å². The third-order valence-corrected chi connectivity index (χ3v) is 4.57. The van der Waals surface area contributed by atoms with E-state index < -0.39 is 0 Å². The smallest absolute Gasteiger partial charge is 0.317 e. The van der Waals surface area contributed by atoms with Gasteiger partial charge < -0.3 is 15.0 Å². The summed E-state index contributed by atoms with van der Waals surface area (Å²) in [6, 6.07) is 7.94. The fourth-order valence-corrected chi connectivity index (χ4v) is 3.30. The van der Waals surface area contributed by atoms with Crippen LogP contribution in [0.15, 0.2) is 24.3 Å². The first-order valence-electron chi connectivity index (χ1n) is 8.60. The average molecular weight is 339 g/mol. The van der Waals surface area contributed by atoms with Crippen LogP contribution in [0.4, 0.5) is 4.79 Å². The Bertz CT molecular complexity index is 496. The molecule has 128 valence electrons. The van der Waals surface area contributed by atoms with Crippen molar-refractivity contribution in [3.63, 3.8) is 0 Å². The van der Waals surface area contributed by atoms with Crippen molar-refractivity contribution < 1.29 is 9.53 Å². The number of ether oxygens (including phenoxy) is 1. The van der Waals surface area contributed by atoms with Crippen LogP contribution in [0.1, 0.15) is 50.6 Å². The van der Waals surface area contributed by atoms with Crippen LogP contribution >= 0.6 is 11.6 Å². The predicted molar refractivity (Wildman–Crippen MR) is 93.9 cm³/mol. The number of amides is 2. The molecule has 4 nitrogen and oxygen atoms in total. The van der Waals surface area contributed by atoms with Gasteiger partial charge in [-0.3, -0.25) is 0 Å². The van der Waals surface area contributed by atoms with Gasteiger partial charge in [0.1, 0.15) is 0 Å². The first-order valence-corrected chi connectivity index (χ1v) is 8.98. The lowest BCUT2D eigenvalue weighted by molar-refractivity contribution is 0.142. The van der Waals surface area contributed by atoms with Gasteiger partial charge >= 0.3 is 6.03 Å². The number of halogens is 1. The summed E-state index contributed by atoms with van der Waals surface area (Å²) in [5.74, 6) is 0. The van der Waals surface area contributed by atoms with Crippen LogP contribution in [-0.2, 0) is 4.74 Å². The van der Waals surface area contributed by atoms with Gasteiger partial charge in [-0.05, 0) is 37.8 Å². The lowest BCUT2D eigenvalue weighted by Crippen LogP contribution is -2.42. The van der Waals surface area contributed by atoms with Crippen LogP contribution in [0.25, 0.3) is 0 Å². The SMILES string of the molecule is CCOCCCNC(=O)N1CCCCC[C@@H]1c1ccccc1Cl. The van der Waals surface area contributed by atoms with Gasteiger partial charge in [0.25, 0.3) is 0 Å². The summed E-state index contributed by atoms with van der Waals surface area (Å²) in [7, 11) is 0. The largest absolute Gasteiger partial charge is 0.382 e. The Morgan fingerprint density at radius 2 is 2.17 bits per heavy atom. The Labute approximate surface area is 144 Å². The van der Waals surface area contributed by atoms with Gasteiger partial charge in [0, 0.05) is 31.3 Å². The molecule has 2 rings (SSSR count). The molecule has 1 fully saturated rings. The van der Waals surface area contributed by atoms with Crippen molar-refractivity contribution in [1.29, 1.82) is 0 Å². The number of benzene rings is 1. The van der Waals surface area contributed by atoms with Gasteiger partial charge in [0.05, 0.1) is 6.04 Å². The highest BCUT2D eigenvalue weighted by Crippen LogP contribution is 2.34. The number of hydrogen-bond acceptors (Lipinski definition) is 2. The minimum absolute atomic E-state index is 0.00770. The maximum Gasteiger partial charge on any atom is 0.317 e. The molecular formula is C18H27ClN2O2. The lowest BCUT2D eigenvalue weighted by atomic mass is 10.0. The zero-order chi connectivity index (χ0) is 16.5. The molecule has 1 aromatic rings. The van der Waals surface area contributed by atoms with E-state index in [0.29, 0.717) is 19.8 Å². The number of urea groups is 1. The average Bonchev–Trinajstić information content (AvgIpc) is 2.81. The molecule has 1 aliphatic rings. The number of carbonyl (C=O) groups excluding carboxylic acids is 1. The Hall–Kier alpha value is -1.26. The van der Waals surface area contributed by atoms with Gasteiger partial charge in [-0.2, -0.15) is 0 Å². The van der Waals surface area contributed by atoms with Crippen molar-refractivity contribution in [1.82, 2.24) is 10.2 Å². The van der Waals surface area contributed by atoms with Gasteiger partial charge in [0.2, 0.25) is 0 Å². The first-order chi connectivity index (χ1) is 11.2. The summed E-state index contributed by atoms with van der Waals surface area (Å²) in [5, 5.41) is 3.77. The second-order valence-corrected chi connectivity index (χ2v) is 6.27. The number of carbonyl (C=O) groups is 1. The second kappa shape index (κ2) is 9.78. The topological polar surface area (TPSA) is 41.6 Å². The molecule has 5 heteroatoms. The van der Waals surface area contributed by atoms with Crippen LogP contribution in [0, 0.1) is 0 Å². The summed E-state index contributed by atoms with van der Waals surface area (Å²) in [6.07, 6.45) is 5.15. The highest BCUT2D eigenvalue weighted by atomic mass is 35.5. The lowest BCUT2D eigenvalue weighted by Gasteiger charge is -2.31. The molecule has 0 unspecified atom stereocenters. The highest BCUT2D eigenvalue weighted by molar-refractivity contribution is 6.31. The summed E-state index contributed by atoms with van der Waals surface area (Å²) >= 11 is 6.37. The van der Waals surface area contributed by atoms with E-state index >= 15 is 0 Å². The Kier molecular flexibility index (Phi) is 7.69. The molecule has 23 heavy (non-hydrogen) atoms. The third kappa shape index (κ3) is 5.40. The molecule has 1 saturated heterocycles. The van der Waals surface area contributed by atoms with E-state index in [1.807, 2.05) is 36.1 Å². The molecule has 1 aliphatic heterocycles. The number of hydrogen-bond donors (Lipinski definition) is 1. The monoisotopic (exact) mass is 338 g/mol. The molecule has 0 radical (unpaired) electrons. The zero-order valence-corrected chi connectivity index (χ0v) is 14.6. The normalized spacial score (nSPS) is 18.5. The maximum absolute atomic E-state index is 12.6. The molecule has 1 N–H and O–H groups in total. The maximum atomic E-state index is 12.6. The van der Waals surface area contributed by atoms with E-state index in [1.165, 1.54) is 0 Å². The Morgan fingerprint density at radius 3 is 2.96 bits per heavy atom. The van der Waals surface area contributed by atoms with Crippen LogP contribution < -0.4 is 5.32 Å². The van der Waals surface area contributed by atoms with Gasteiger partial charge in [-0.25, -0.2) is 4.79 Å². The molecule has 1 aromatic carbocycles. The van der Waals surface area contributed by atoms with Crippen LogP contribution in [0.2, 0.25) is 5.02 Å². The highest BCUT2D eigenvalue weighted by Gasteiger charge is 2.27. The van der Waals surface area contributed by atoms with E-state index in [9.17, 15) is 4.79 Å². The number of nitrogens with one attached hydrogen (secondary N) is 1. The molecule has 0 aliphatic carbocycles. The van der Waals surface area contributed by atoms with E-state index in [1.54, 1.807) is 0 Å². The fraction of sp³-hybridized carbons (Fsp3) is 0.611. The minimum atomic E-state index is 0.00770. The first kappa shape index (κ1) is 18.1. The second-order valence-electron chi connectivity index (χ2n) is 5.86. The number of nitrogens with zero attached hydrogens (tertiary/aromatic N) is 1. The Balaban J connectivity index is 2.00. The predicted octanol–water partition coefficient (Wildman–Crippen LogP) is 4.39. The van der Waals surface area contributed by atoms with Crippen molar-refractivity contribution in [3.8, 4) is 0 Å². The standard InChI is InChI=1S/C18H27ClN2O2/c1-2-23-14-8-12-20-18(22)21-13-7-3-4-11-17(21)15-9-5-6-10-16(15)19/h5-6,9-10,17H,2-4,7-8,11-14H2,1H3,(H,20,22)/t17-/m1/s1. The summed E-state index contributed by atoms with van der Waals surface area (Å²) in [5.41, 5.74) is 1.06. The molecule has 0 bridgehead atoms. The number of likely N-dealkylation sites (tertiary alicyclic amines) is 1. The van der Waals surface area contributed by atoms with E-state index in [0.717, 1.165) is 49.2 Å². The molecule has 1 atom stereocenters. The minimum Gasteiger partial charge on any atom is -0.382 e. The van der Waals surface area contributed by atoms with E-state index in [2.05, 4.69) is 5.32 Å². The molecule has 1 heterocycles. The zero-order valence-electron chi connectivity index (χ0n) is 13.9. The molecule has 0 spiro atoms. The Morgan fingerprint density at radius 1 is 1.35 bits per heavy atom. The summed E-state index contributed by atoms with van der Waals surface area (Å²) < 4.78 is 5.30. The van der Waals surface area contributed by atoms with Gasteiger partial charge in [0.15, 0.2) is 0 Å². The van der Waals surface area contributed by atoms with Gasteiger partial charge in [-0.15, -0.1) is 0 Å². The van der Waals surface area contributed by atoms with Crippen LogP contribution in [0.3, 0.4) is 0 Å². The van der Waals surface area contributed by atoms with Crippen molar-refractivity contribution in [2.45, 2.75) is 45.1 Å². The number of rotatable bonds is 6. The summed E-state index contributed by atoms with van der Waals surface area (Å²) in [4.78, 5) is 14.6. The van der Waals surface area contributed by atoms with E-state index in [4.69, 9.17) is 16.3 Å². The summed E-state index contributed by atoms with van der Waals surface area (Å²) in [6.45, 7) is 4.81. The van der Waals surface area contributed by atoms with Crippen molar-refractivity contribution in [3.05, 3.63) is 34.9 Å². The fourth-order valence-electron chi connectivity index (χ4n) is 3.04. The molecule has 0 saturated carbocycles.